The van der Waals surface area contributed by atoms with E-state index in [2.05, 4.69) is 41.3 Å². The number of ether oxygens (including phenoxy) is 2. The van der Waals surface area contributed by atoms with Crippen molar-refractivity contribution in [3.8, 4) is 10.4 Å². The number of hydrogen-bond donors (Lipinski definition) is 1. The zero-order chi connectivity index (χ0) is 19.8. The molecule has 0 radical (unpaired) electrons. The molecule has 2 fully saturated rings. The van der Waals surface area contributed by atoms with Gasteiger partial charge in [0.2, 0.25) is 0 Å². The molecule has 6 heteroatoms. The Labute approximate surface area is 170 Å². The van der Waals surface area contributed by atoms with Gasteiger partial charge in [-0.15, -0.1) is 11.3 Å². The molecule has 2 aliphatic rings. The van der Waals surface area contributed by atoms with Crippen LogP contribution < -0.4 is 0 Å². The van der Waals surface area contributed by atoms with E-state index in [-0.39, 0.29) is 18.2 Å². The summed E-state index contributed by atoms with van der Waals surface area (Å²) in [4.78, 5) is 13.7. The summed E-state index contributed by atoms with van der Waals surface area (Å²) in [5.74, 6) is 0. The second-order valence-electron chi connectivity index (χ2n) is 7.06. The van der Waals surface area contributed by atoms with Crippen molar-refractivity contribution in [2.75, 3.05) is 26.3 Å². The van der Waals surface area contributed by atoms with Crippen LogP contribution in [0, 0.1) is 0 Å². The van der Waals surface area contributed by atoms with Gasteiger partial charge in [0, 0.05) is 35.3 Å². The molecular formula is C22H29NO4S. The predicted octanol–water partition coefficient (Wildman–Crippen LogP) is 3.36. The third-order valence-electron chi connectivity index (χ3n) is 5.15. The molecule has 0 unspecified atom stereocenters. The van der Waals surface area contributed by atoms with Crippen molar-refractivity contribution in [3.05, 3.63) is 47.3 Å². The Kier molecular flexibility index (Phi) is 8.18. The largest absolute Gasteiger partial charge is 0.391 e. The highest BCUT2D eigenvalue weighted by Gasteiger charge is 2.37. The highest BCUT2D eigenvalue weighted by molar-refractivity contribution is 7.15. The van der Waals surface area contributed by atoms with E-state index in [0.717, 1.165) is 45.4 Å². The minimum atomic E-state index is -0.286. The number of aliphatic hydroxyl groups is 1. The van der Waals surface area contributed by atoms with Gasteiger partial charge in [-0.1, -0.05) is 30.3 Å². The summed E-state index contributed by atoms with van der Waals surface area (Å²) < 4.78 is 11.5. The summed E-state index contributed by atoms with van der Waals surface area (Å²) in [5, 5.41) is 10.4. The van der Waals surface area contributed by atoms with Crippen LogP contribution in [0.3, 0.4) is 0 Å². The number of hydrogen-bond acceptors (Lipinski definition) is 6. The van der Waals surface area contributed by atoms with E-state index in [1.165, 1.54) is 22.2 Å². The Bertz CT molecular complexity index is 714. The maximum absolute atomic E-state index is 10.4. The lowest BCUT2D eigenvalue weighted by Crippen LogP contribution is -2.46. The molecule has 0 amide bonds. The number of thiophene rings is 1. The van der Waals surface area contributed by atoms with Gasteiger partial charge in [-0.25, -0.2) is 0 Å². The standard InChI is InChI=1S/C20H25NO3S.C2H4O/c22-19-13-16(12-18(19)21-8-10-23-11-9-21)24-14-17-6-7-20(25-17)15-4-2-1-3-5-15;1-2-3/h1-7,16,18-19,22H,8-14H2;2H,1H3/t16-,18-,19-;/m1./s1. The minimum absolute atomic E-state index is 0.144. The SMILES string of the molecule is CC=O.O[C@@H]1C[C@H](OCc2ccc(-c3ccccc3)s2)C[C@H]1N1CCOCC1. The van der Waals surface area contributed by atoms with Gasteiger partial charge in [0.15, 0.2) is 0 Å². The highest BCUT2D eigenvalue weighted by Crippen LogP contribution is 2.31. The fourth-order valence-corrected chi connectivity index (χ4v) is 4.74. The van der Waals surface area contributed by atoms with Gasteiger partial charge in [-0.05, 0) is 31.0 Å². The average molecular weight is 404 g/mol. The van der Waals surface area contributed by atoms with Crippen LogP contribution in [-0.2, 0) is 20.9 Å². The monoisotopic (exact) mass is 403 g/mol. The number of nitrogens with zero attached hydrogens (tertiary/aromatic N) is 1. The molecule has 5 nitrogen and oxygen atoms in total. The topological polar surface area (TPSA) is 59.0 Å². The van der Waals surface area contributed by atoms with Gasteiger partial charge in [-0.2, -0.15) is 0 Å². The molecule has 0 spiro atoms. The molecule has 1 saturated heterocycles. The van der Waals surface area contributed by atoms with E-state index in [1.54, 1.807) is 11.3 Å². The Morgan fingerprint density at radius 1 is 1.18 bits per heavy atom. The fourth-order valence-electron chi connectivity index (χ4n) is 3.80. The average Bonchev–Trinajstić information content (AvgIpc) is 3.35. The second-order valence-corrected chi connectivity index (χ2v) is 8.22. The summed E-state index contributed by atoms with van der Waals surface area (Å²) >= 11 is 1.78. The molecule has 1 aliphatic heterocycles. The summed E-state index contributed by atoms with van der Waals surface area (Å²) in [6.45, 7) is 5.45. The minimum Gasteiger partial charge on any atom is -0.391 e. The number of aldehydes is 1. The van der Waals surface area contributed by atoms with Crippen LogP contribution in [0.1, 0.15) is 24.6 Å². The van der Waals surface area contributed by atoms with Crippen LogP contribution in [0.5, 0.6) is 0 Å². The van der Waals surface area contributed by atoms with Crippen molar-refractivity contribution in [1.82, 2.24) is 4.90 Å². The normalized spacial score (nSPS) is 25.1. The first kappa shape index (κ1) is 21.1. The van der Waals surface area contributed by atoms with Gasteiger partial charge in [0.05, 0.1) is 32.0 Å². The maximum atomic E-state index is 10.4. The van der Waals surface area contributed by atoms with E-state index < -0.39 is 0 Å². The third kappa shape index (κ3) is 5.72. The molecule has 0 bridgehead atoms. The zero-order valence-electron chi connectivity index (χ0n) is 16.3. The zero-order valence-corrected chi connectivity index (χ0v) is 17.1. The third-order valence-corrected chi connectivity index (χ3v) is 6.26. The van der Waals surface area contributed by atoms with E-state index in [4.69, 9.17) is 14.3 Å². The molecule has 2 heterocycles. The van der Waals surface area contributed by atoms with Crippen molar-refractivity contribution in [1.29, 1.82) is 0 Å². The summed E-state index contributed by atoms with van der Waals surface area (Å²) in [6.07, 6.45) is 2.26. The van der Waals surface area contributed by atoms with Gasteiger partial charge in [0.1, 0.15) is 6.29 Å². The Morgan fingerprint density at radius 3 is 2.61 bits per heavy atom. The summed E-state index contributed by atoms with van der Waals surface area (Å²) in [5.41, 5.74) is 1.25. The van der Waals surface area contributed by atoms with Crippen LogP contribution in [0.2, 0.25) is 0 Å². The number of rotatable bonds is 5. The van der Waals surface area contributed by atoms with Gasteiger partial charge >= 0.3 is 0 Å². The Morgan fingerprint density at radius 2 is 1.89 bits per heavy atom. The van der Waals surface area contributed by atoms with Crippen LogP contribution >= 0.6 is 11.3 Å². The van der Waals surface area contributed by atoms with Gasteiger partial charge < -0.3 is 19.4 Å². The molecule has 1 aromatic heterocycles. The fraction of sp³-hybridized carbons (Fsp3) is 0.500. The lowest BCUT2D eigenvalue weighted by Gasteiger charge is -2.33. The Balaban J connectivity index is 0.000000706. The molecule has 1 aliphatic carbocycles. The molecule has 3 atom stereocenters. The number of morpholine rings is 1. The Hall–Kier alpha value is -1.57. The predicted molar refractivity (Wildman–Crippen MR) is 111 cm³/mol. The quantitative estimate of drug-likeness (QED) is 0.776. The molecule has 2 aromatic rings. The summed E-state index contributed by atoms with van der Waals surface area (Å²) in [7, 11) is 0. The molecular weight excluding hydrogens is 374 g/mol. The van der Waals surface area contributed by atoms with E-state index in [9.17, 15) is 5.11 Å². The van der Waals surface area contributed by atoms with E-state index >= 15 is 0 Å². The molecule has 4 rings (SSSR count). The number of carbonyl (C=O) groups excluding carboxylic acids is 1. The van der Waals surface area contributed by atoms with Gasteiger partial charge in [-0.3, -0.25) is 4.90 Å². The van der Waals surface area contributed by atoms with Crippen LogP contribution in [0.4, 0.5) is 0 Å². The van der Waals surface area contributed by atoms with Crippen molar-refractivity contribution in [3.63, 3.8) is 0 Å². The number of benzene rings is 1. The first-order valence-electron chi connectivity index (χ1n) is 9.86. The van der Waals surface area contributed by atoms with Crippen molar-refractivity contribution < 1.29 is 19.4 Å². The highest BCUT2D eigenvalue weighted by atomic mass is 32.1. The first-order valence-corrected chi connectivity index (χ1v) is 10.7. The molecule has 1 aromatic carbocycles. The molecule has 1 saturated carbocycles. The van der Waals surface area contributed by atoms with Crippen molar-refractivity contribution in [2.24, 2.45) is 0 Å². The number of carbonyl (C=O) groups is 1. The van der Waals surface area contributed by atoms with Crippen molar-refractivity contribution in [2.45, 2.75) is 44.6 Å². The van der Waals surface area contributed by atoms with Crippen LogP contribution in [0.15, 0.2) is 42.5 Å². The first-order chi connectivity index (χ1) is 13.7. The molecule has 28 heavy (non-hydrogen) atoms. The maximum Gasteiger partial charge on any atom is 0.116 e. The second kappa shape index (κ2) is 10.8. The summed E-state index contributed by atoms with van der Waals surface area (Å²) in [6, 6.07) is 15.0. The van der Waals surface area contributed by atoms with Crippen LogP contribution in [-0.4, -0.2) is 60.8 Å². The van der Waals surface area contributed by atoms with E-state index in [1.807, 2.05) is 6.07 Å². The van der Waals surface area contributed by atoms with Gasteiger partial charge in [0.25, 0.3) is 0 Å². The van der Waals surface area contributed by atoms with E-state index in [0.29, 0.717) is 6.61 Å². The lowest BCUT2D eigenvalue weighted by molar-refractivity contribution is -0.106. The molecule has 152 valence electrons. The molecule has 1 N–H and O–H groups in total. The van der Waals surface area contributed by atoms with Crippen molar-refractivity contribution >= 4 is 17.6 Å². The van der Waals surface area contributed by atoms with Crippen LogP contribution in [0.25, 0.3) is 10.4 Å². The lowest BCUT2D eigenvalue weighted by atomic mass is 10.1. The smallest absolute Gasteiger partial charge is 0.116 e. The number of aliphatic hydroxyl groups excluding tert-OH is 1.